The van der Waals surface area contributed by atoms with Crippen molar-refractivity contribution >= 4 is 11.8 Å². The lowest BCUT2D eigenvalue weighted by Crippen LogP contribution is -2.57. The fourth-order valence-corrected chi connectivity index (χ4v) is 3.22. The monoisotopic (exact) mass is 378 g/mol. The van der Waals surface area contributed by atoms with Crippen molar-refractivity contribution in [3.8, 4) is 11.1 Å². The predicted molar refractivity (Wildman–Crippen MR) is 93.2 cm³/mol. The quantitative estimate of drug-likeness (QED) is 0.827. The van der Waals surface area contributed by atoms with Gasteiger partial charge >= 0.3 is 6.55 Å². The second kappa shape index (κ2) is 7.83. The number of alkyl halides is 2. The van der Waals surface area contributed by atoms with Crippen LogP contribution in [0, 0.1) is 6.92 Å². The minimum absolute atomic E-state index is 0.150. The molecule has 27 heavy (non-hydrogen) atoms. The van der Waals surface area contributed by atoms with Crippen molar-refractivity contribution in [2.24, 2.45) is 0 Å². The normalized spacial score (nSPS) is 17.3. The van der Waals surface area contributed by atoms with Crippen LogP contribution >= 0.6 is 0 Å². The molecular formula is C18H20F2N4O3. The standard InChI is InChI=1S/C18H20F2N4O3/c1-11-14(10-24(22-11)18(19)20)12-3-2-4-13(9-12)17(27)23-7-6-21-16(26)15(23)5-8-25/h2-4,9-10,15,18,25H,5-8H2,1H3,(H,21,26)/t15-/m1/s1. The van der Waals surface area contributed by atoms with Crippen LogP contribution in [0.15, 0.2) is 30.5 Å². The molecule has 1 aromatic carbocycles. The number of aliphatic hydroxyl groups is 1. The van der Waals surface area contributed by atoms with Gasteiger partial charge in [-0.3, -0.25) is 9.59 Å². The van der Waals surface area contributed by atoms with Crippen LogP contribution < -0.4 is 5.32 Å². The Bertz CT molecular complexity index is 853. The van der Waals surface area contributed by atoms with Crippen molar-refractivity contribution in [1.82, 2.24) is 20.0 Å². The molecule has 3 rings (SSSR count). The summed E-state index contributed by atoms with van der Waals surface area (Å²) in [5, 5.41) is 15.7. The first kappa shape index (κ1) is 19.0. The summed E-state index contributed by atoms with van der Waals surface area (Å²) in [4.78, 5) is 26.4. The smallest absolute Gasteiger partial charge is 0.333 e. The summed E-state index contributed by atoms with van der Waals surface area (Å²) in [6.45, 7) is -0.662. The van der Waals surface area contributed by atoms with Crippen LogP contribution in [-0.4, -0.2) is 57.3 Å². The largest absolute Gasteiger partial charge is 0.396 e. The van der Waals surface area contributed by atoms with E-state index in [1.807, 2.05) is 0 Å². The molecule has 1 atom stereocenters. The van der Waals surface area contributed by atoms with Gasteiger partial charge in [-0.2, -0.15) is 13.9 Å². The zero-order chi connectivity index (χ0) is 19.6. The minimum atomic E-state index is -2.74. The number of hydrogen-bond acceptors (Lipinski definition) is 4. The number of nitrogens with one attached hydrogen (secondary N) is 1. The second-order valence-corrected chi connectivity index (χ2v) is 6.28. The second-order valence-electron chi connectivity index (χ2n) is 6.28. The zero-order valence-electron chi connectivity index (χ0n) is 14.7. The fraction of sp³-hybridized carbons (Fsp3) is 0.389. The Kier molecular flexibility index (Phi) is 5.50. The lowest BCUT2D eigenvalue weighted by Gasteiger charge is -2.34. The fourth-order valence-electron chi connectivity index (χ4n) is 3.22. The maximum atomic E-state index is 12.9. The summed E-state index contributed by atoms with van der Waals surface area (Å²) in [6, 6.07) is 5.85. The van der Waals surface area contributed by atoms with Crippen LogP contribution in [0.1, 0.15) is 29.0 Å². The number of aryl methyl sites for hydroxylation is 1. The molecule has 0 spiro atoms. The van der Waals surface area contributed by atoms with Crippen LogP contribution in [0.5, 0.6) is 0 Å². The van der Waals surface area contributed by atoms with Gasteiger partial charge in [-0.25, -0.2) is 4.68 Å². The van der Waals surface area contributed by atoms with Crippen molar-refractivity contribution in [3.63, 3.8) is 0 Å². The highest BCUT2D eigenvalue weighted by molar-refractivity contribution is 5.99. The summed E-state index contributed by atoms with van der Waals surface area (Å²) < 4.78 is 26.3. The van der Waals surface area contributed by atoms with Crippen LogP contribution in [0.4, 0.5) is 8.78 Å². The number of rotatable bonds is 5. The number of halogens is 2. The zero-order valence-corrected chi connectivity index (χ0v) is 14.7. The highest BCUT2D eigenvalue weighted by Crippen LogP contribution is 2.26. The SMILES string of the molecule is Cc1nn(C(F)F)cc1-c1cccc(C(=O)N2CCNC(=O)[C@H]2CCO)c1. The van der Waals surface area contributed by atoms with Crippen molar-refractivity contribution in [2.45, 2.75) is 25.9 Å². The van der Waals surface area contributed by atoms with E-state index in [-0.39, 0.29) is 24.8 Å². The average Bonchev–Trinajstić information content (AvgIpc) is 3.05. The van der Waals surface area contributed by atoms with E-state index in [1.54, 1.807) is 31.2 Å². The van der Waals surface area contributed by atoms with E-state index in [4.69, 9.17) is 0 Å². The van der Waals surface area contributed by atoms with Gasteiger partial charge in [0.25, 0.3) is 5.91 Å². The molecule has 1 aliphatic heterocycles. The van der Waals surface area contributed by atoms with Gasteiger partial charge in [0.05, 0.1) is 5.69 Å². The third kappa shape index (κ3) is 3.82. The molecular weight excluding hydrogens is 358 g/mol. The Morgan fingerprint density at radius 1 is 1.44 bits per heavy atom. The molecule has 2 aromatic rings. The van der Waals surface area contributed by atoms with Gasteiger partial charge in [-0.05, 0) is 31.0 Å². The highest BCUT2D eigenvalue weighted by atomic mass is 19.3. The van der Waals surface area contributed by atoms with Gasteiger partial charge in [-0.15, -0.1) is 0 Å². The average molecular weight is 378 g/mol. The number of carbonyl (C=O) groups excluding carboxylic acids is 2. The predicted octanol–water partition coefficient (Wildman–Crippen LogP) is 1.58. The van der Waals surface area contributed by atoms with E-state index in [0.717, 1.165) is 0 Å². The molecule has 0 radical (unpaired) electrons. The van der Waals surface area contributed by atoms with Gasteiger partial charge in [0, 0.05) is 37.0 Å². The number of hydrogen-bond donors (Lipinski definition) is 2. The lowest BCUT2D eigenvalue weighted by molar-refractivity contribution is -0.128. The molecule has 0 aliphatic carbocycles. The van der Waals surface area contributed by atoms with Gasteiger partial charge < -0.3 is 15.3 Å². The van der Waals surface area contributed by atoms with Crippen LogP contribution in [-0.2, 0) is 4.79 Å². The Hall–Kier alpha value is -2.81. The molecule has 1 fully saturated rings. The van der Waals surface area contributed by atoms with Crippen LogP contribution in [0.2, 0.25) is 0 Å². The lowest BCUT2D eigenvalue weighted by atomic mass is 10.0. The van der Waals surface area contributed by atoms with Crippen molar-refractivity contribution in [1.29, 1.82) is 0 Å². The van der Waals surface area contributed by atoms with Crippen molar-refractivity contribution in [2.75, 3.05) is 19.7 Å². The molecule has 0 bridgehead atoms. The first-order valence-electron chi connectivity index (χ1n) is 8.56. The summed E-state index contributed by atoms with van der Waals surface area (Å²) >= 11 is 0. The van der Waals surface area contributed by atoms with E-state index in [0.29, 0.717) is 40.2 Å². The molecule has 7 nitrogen and oxygen atoms in total. The summed E-state index contributed by atoms with van der Waals surface area (Å²) in [6.07, 6.45) is 1.39. The van der Waals surface area contributed by atoms with E-state index < -0.39 is 12.6 Å². The first-order valence-corrected chi connectivity index (χ1v) is 8.56. The molecule has 0 saturated carbocycles. The number of aliphatic hydroxyl groups excluding tert-OH is 1. The van der Waals surface area contributed by atoms with Crippen LogP contribution in [0.25, 0.3) is 11.1 Å². The first-order chi connectivity index (χ1) is 12.9. The minimum Gasteiger partial charge on any atom is -0.396 e. The number of piperazine rings is 1. The molecule has 0 unspecified atom stereocenters. The molecule has 1 aromatic heterocycles. The highest BCUT2D eigenvalue weighted by Gasteiger charge is 2.33. The van der Waals surface area contributed by atoms with E-state index in [2.05, 4.69) is 10.4 Å². The third-order valence-corrected chi connectivity index (χ3v) is 4.53. The molecule has 2 amide bonds. The number of nitrogens with zero attached hydrogens (tertiary/aromatic N) is 3. The van der Waals surface area contributed by atoms with Gasteiger partial charge in [0.15, 0.2) is 0 Å². The number of benzene rings is 1. The number of aromatic nitrogens is 2. The maximum absolute atomic E-state index is 12.9. The Labute approximate surface area is 154 Å². The van der Waals surface area contributed by atoms with Crippen LogP contribution in [0.3, 0.4) is 0 Å². The summed E-state index contributed by atoms with van der Waals surface area (Å²) in [7, 11) is 0. The molecule has 9 heteroatoms. The van der Waals surface area contributed by atoms with E-state index in [9.17, 15) is 23.5 Å². The van der Waals surface area contributed by atoms with Gasteiger partial charge in [-0.1, -0.05) is 12.1 Å². The van der Waals surface area contributed by atoms with Crippen molar-refractivity contribution in [3.05, 3.63) is 41.7 Å². The molecule has 144 valence electrons. The van der Waals surface area contributed by atoms with Crippen molar-refractivity contribution < 1.29 is 23.5 Å². The molecule has 1 saturated heterocycles. The third-order valence-electron chi connectivity index (χ3n) is 4.53. The Morgan fingerprint density at radius 2 is 2.22 bits per heavy atom. The summed E-state index contributed by atoms with van der Waals surface area (Å²) in [5.74, 6) is -0.641. The van der Waals surface area contributed by atoms with E-state index in [1.165, 1.54) is 11.1 Å². The maximum Gasteiger partial charge on any atom is 0.333 e. The molecule has 2 heterocycles. The topological polar surface area (TPSA) is 87.5 Å². The van der Waals surface area contributed by atoms with E-state index >= 15 is 0 Å². The summed E-state index contributed by atoms with van der Waals surface area (Å²) in [5.41, 5.74) is 1.86. The Balaban J connectivity index is 1.91. The Morgan fingerprint density at radius 3 is 2.89 bits per heavy atom. The van der Waals surface area contributed by atoms with Gasteiger partial charge in [0.1, 0.15) is 6.04 Å². The molecule has 2 N–H and O–H groups in total. The van der Waals surface area contributed by atoms with Gasteiger partial charge in [0.2, 0.25) is 5.91 Å². The number of amides is 2. The molecule has 1 aliphatic rings. The number of carbonyl (C=O) groups is 2.